The van der Waals surface area contributed by atoms with Crippen LogP contribution in [0.1, 0.15) is 37.0 Å². The molecule has 3 nitrogen and oxygen atoms in total. The molecule has 1 rings (SSSR count). The van der Waals surface area contributed by atoms with E-state index >= 15 is 0 Å². The van der Waals surface area contributed by atoms with Gasteiger partial charge in [-0.1, -0.05) is 19.9 Å². The van der Waals surface area contributed by atoms with Crippen LogP contribution in [0, 0.1) is 31.6 Å². The van der Waals surface area contributed by atoms with Gasteiger partial charge in [0, 0.05) is 5.41 Å². The van der Waals surface area contributed by atoms with Crippen LogP contribution in [0.4, 0.5) is 0 Å². The Bertz CT molecular complexity index is 450. The zero-order chi connectivity index (χ0) is 13.9. The predicted molar refractivity (Wildman–Crippen MR) is 76.5 cm³/mol. The van der Waals surface area contributed by atoms with Crippen molar-refractivity contribution in [1.29, 1.82) is 5.41 Å². The highest BCUT2D eigenvalue weighted by molar-refractivity contribution is 5.82. The molecule has 0 atom stereocenters. The first-order valence-corrected chi connectivity index (χ1v) is 6.29. The van der Waals surface area contributed by atoms with Gasteiger partial charge in [-0.2, -0.15) is 0 Å². The van der Waals surface area contributed by atoms with Gasteiger partial charge >= 0.3 is 0 Å². The molecule has 3 N–H and O–H groups in total. The molecule has 0 aliphatic rings. The van der Waals surface area contributed by atoms with E-state index in [9.17, 15) is 0 Å². The molecular formula is C15H24N2O. The summed E-state index contributed by atoms with van der Waals surface area (Å²) in [7, 11) is 0. The summed E-state index contributed by atoms with van der Waals surface area (Å²) in [6.07, 6.45) is 0.745. The van der Waals surface area contributed by atoms with Gasteiger partial charge in [-0.3, -0.25) is 5.41 Å². The van der Waals surface area contributed by atoms with E-state index in [4.69, 9.17) is 15.9 Å². The maximum atomic E-state index is 7.51. The van der Waals surface area contributed by atoms with E-state index in [0.717, 1.165) is 12.2 Å². The molecule has 0 fully saturated rings. The number of aryl methyl sites for hydroxylation is 2. The first-order chi connectivity index (χ1) is 8.24. The lowest BCUT2D eigenvalue weighted by molar-refractivity contribution is 0.267. The van der Waals surface area contributed by atoms with Gasteiger partial charge in [0.25, 0.3) is 0 Å². The molecule has 1 aromatic carbocycles. The second-order valence-corrected chi connectivity index (χ2v) is 5.60. The molecule has 0 saturated heterocycles. The van der Waals surface area contributed by atoms with Crippen molar-refractivity contribution < 1.29 is 4.74 Å². The van der Waals surface area contributed by atoms with Crippen LogP contribution in [0.2, 0.25) is 0 Å². The van der Waals surface area contributed by atoms with Gasteiger partial charge in [-0.25, -0.2) is 0 Å². The van der Waals surface area contributed by atoms with Crippen molar-refractivity contribution in [2.24, 2.45) is 11.1 Å². The molecule has 0 saturated carbocycles. The monoisotopic (exact) mass is 248 g/mol. The summed E-state index contributed by atoms with van der Waals surface area (Å²) in [5, 5.41) is 7.51. The average molecular weight is 248 g/mol. The summed E-state index contributed by atoms with van der Waals surface area (Å²) in [6, 6.07) is 4.21. The first kappa shape index (κ1) is 14.6. The van der Waals surface area contributed by atoms with E-state index in [1.807, 2.05) is 13.8 Å². The quantitative estimate of drug-likeness (QED) is 0.620. The third-order valence-corrected chi connectivity index (χ3v) is 3.48. The fourth-order valence-corrected chi connectivity index (χ4v) is 1.70. The van der Waals surface area contributed by atoms with E-state index < -0.39 is 0 Å². The van der Waals surface area contributed by atoms with Gasteiger partial charge in [0.15, 0.2) is 0 Å². The highest BCUT2D eigenvalue weighted by Crippen LogP contribution is 2.25. The zero-order valence-corrected chi connectivity index (χ0v) is 12.1. The van der Waals surface area contributed by atoms with Crippen LogP contribution in [0.3, 0.4) is 0 Å². The summed E-state index contributed by atoms with van der Waals surface area (Å²) in [5.74, 6) is 1.15. The van der Waals surface area contributed by atoms with Crippen molar-refractivity contribution in [3.05, 3.63) is 28.8 Å². The minimum absolute atomic E-state index is 0.211. The van der Waals surface area contributed by atoms with Gasteiger partial charge in [-0.15, -0.1) is 0 Å². The fourth-order valence-electron chi connectivity index (χ4n) is 1.70. The number of benzene rings is 1. The number of hydrogen-bond acceptors (Lipinski definition) is 2. The lowest BCUT2D eigenvalue weighted by Gasteiger charge is -2.23. The molecule has 0 aromatic heterocycles. The molecule has 0 bridgehead atoms. The molecule has 0 amide bonds. The van der Waals surface area contributed by atoms with E-state index in [1.165, 1.54) is 16.7 Å². The Hall–Kier alpha value is -1.51. The molecule has 0 spiro atoms. The number of nitrogens with two attached hydrogens (primary N) is 1. The van der Waals surface area contributed by atoms with Gasteiger partial charge in [-0.05, 0) is 49.9 Å². The molecular weight excluding hydrogens is 224 g/mol. The van der Waals surface area contributed by atoms with Crippen molar-refractivity contribution in [3.63, 3.8) is 0 Å². The fraction of sp³-hybridized carbons (Fsp3) is 0.533. The average Bonchev–Trinajstić information content (AvgIpc) is 2.24. The van der Waals surface area contributed by atoms with Crippen LogP contribution in [0.25, 0.3) is 0 Å². The van der Waals surface area contributed by atoms with Crippen LogP contribution in [-0.2, 0) is 0 Å². The number of rotatable bonds is 5. The van der Waals surface area contributed by atoms with E-state index in [-0.39, 0.29) is 11.3 Å². The zero-order valence-electron chi connectivity index (χ0n) is 12.1. The molecule has 0 aliphatic carbocycles. The van der Waals surface area contributed by atoms with Crippen molar-refractivity contribution in [3.8, 4) is 5.75 Å². The topological polar surface area (TPSA) is 59.1 Å². The maximum absolute atomic E-state index is 7.51. The largest absolute Gasteiger partial charge is 0.493 e. The third-order valence-electron chi connectivity index (χ3n) is 3.48. The van der Waals surface area contributed by atoms with Crippen molar-refractivity contribution in [2.75, 3.05) is 6.61 Å². The predicted octanol–water partition coefficient (Wildman–Crippen LogP) is 3.34. The van der Waals surface area contributed by atoms with Crippen molar-refractivity contribution in [1.82, 2.24) is 0 Å². The number of nitrogens with one attached hydrogen (secondary N) is 1. The standard InChI is InChI=1S/C15H24N2O/c1-10-8-11(2)12(3)13(9-10)18-7-6-15(4,5)14(16)17/h8-9H,6-7H2,1-5H3,(H3,16,17). The van der Waals surface area contributed by atoms with Crippen LogP contribution >= 0.6 is 0 Å². The highest BCUT2D eigenvalue weighted by atomic mass is 16.5. The number of amidine groups is 1. The second-order valence-electron chi connectivity index (χ2n) is 5.60. The summed E-state index contributed by atoms with van der Waals surface area (Å²) in [5.41, 5.74) is 8.89. The minimum Gasteiger partial charge on any atom is -0.493 e. The first-order valence-electron chi connectivity index (χ1n) is 6.29. The van der Waals surface area contributed by atoms with E-state index in [1.54, 1.807) is 0 Å². The molecule has 0 unspecified atom stereocenters. The van der Waals surface area contributed by atoms with Crippen LogP contribution in [-0.4, -0.2) is 12.4 Å². The van der Waals surface area contributed by atoms with Gasteiger partial charge in [0.05, 0.1) is 12.4 Å². The minimum atomic E-state index is -0.299. The summed E-state index contributed by atoms with van der Waals surface area (Å²) >= 11 is 0. The lowest BCUT2D eigenvalue weighted by atomic mass is 9.88. The summed E-state index contributed by atoms with van der Waals surface area (Å²) in [4.78, 5) is 0. The summed E-state index contributed by atoms with van der Waals surface area (Å²) < 4.78 is 5.83. The normalized spacial score (nSPS) is 11.4. The Morgan fingerprint density at radius 1 is 1.28 bits per heavy atom. The summed E-state index contributed by atoms with van der Waals surface area (Å²) in [6.45, 7) is 10.7. The Morgan fingerprint density at radius 2 is 1.89 bits per heavy atom. The van der Waals surface area contributed by atoms with Gasteiger partial charge in [0.1, 0.15) is 5.75 Å². The Labute approximate surface area is 110 Å². The third kappa shape index (κ3) is 3.49. The highest BCUT2D eigenvalue weighted by Gasteiger charge is 2.21. The van der Waals surface area contributed by atoms with Crippen LogP contribution in [0.15, 0.2) is 12.1 Å². The smallest absolute Gasteiger partial charge is 0.122 e. The molecule has 1 aromatic rings. The van der Waals surface area contributed by atoms with Crippen molar-refractivity contribution in [2.45, 2.75) is 41.0 Å². The lowest BCUT2D eigenvalue weighted by Crippen LogP contribution is -2.32. The Balaban J connectivity index is 2.68. The van der Waals surface area contributed by atoms with E-state index in [0.29, 0.717) is 6.61 Å². The number of ether oxygens (including phenoxy) is 1. The SMILES string of the molecule is Cc1cc(C)c(C)c(OCCC(C)(C)C(=N)N)c1. The second kappa shape index (κ2) is 5.42. The maximum Gasteiger partial charge on any atom is 0.122 e. The molecule has 0 radical (unpaired) electrons. The molecule has 0 aliphatic heterocycles. The molecule has 3 heteroatoms. The molecule has 18 heavy (non-hydrogen) atoms. The van der Waals surface area contributed by atoms with E-state index in [2.05, 4.69) is 32.9 Å². The molecule has 0 heterocycles. The Morgan fingerprint density at radius 3 is 2.44 bits per heavy atom. The number of hydrogen-bond donors (Lipinski definition) is 2. The van der Waals surface area contributed by atoms with Crippen LogP contribution < -0.4 is 10.5 Å². The van der Waals surface area contributed by atoms with Gasteiger partial charge < -0.3 is 10.5 Å². The van der Waals surface area contributed by atoms with Crippen LogP contribution in [0.5, 0.6) is 5.75 Å². The Kier molecular flexibility index (Phi) is 4.38. The molecule has 100 valence electrons. The van der Waals surface area contributed by atoms with Crippen molar-refractivity contribution >= 4 is 5.84 Å². The van der Waals surface area contributed by atoms with Gasteiger partial charge in [0.2, 0.25) is 0 Å².